The molecule has 1 aromatic heterocycles. The van der Waals surface area contributed by atoms with Crippen molar-refractivity contribution in [3.05, 3.63) is 63.0 Å². The summed E-state index contributed by atoms with van der Waals surface area (Å²) in [5.74, 6) is -3.79. The first-order valence-corrected chi connectivity index (χ1v) is 7.66. The van der Waals surface area contributed by atoms with Crippen LogP contribution in [0.4, 0.5) is 14.5 Å². The Bertz CT molecular complexity index is 1080. The first-order chi connectivity index (χ1) is 12.3. The molecule has 0 unspecified atom stereocenters. The number of amides is 2. The smallest absolute Gasteiger partial charge is 0.323 e. The lowest BCUT2D eigenvalue weighted by atomic mass is 10.2. The van der Waals surface area contributed by atoms with Crippen LogP contribution in [-0.4, -0.2) is 28.3 Å². The van der Waals surface area contributed by atoms with Crippen LogP contribution < -0.4 is 16.3 Å². The van der Waals surface area contributed by atoms with E-state index in [0.29, 0.717) is 28.9 Å². The fourth-order valence-corrected chi connectivity index (χ4v) is 2.50. The number of halogens is 3. The predicted molar refractivity (Wildman–Crippen MR) is 91.3 cm³/mol. The lowest BCUT2D eigenvalue weighted by Crippen LogP contribution is -2.33. The summed E-state index contributed by atoms with van der Waals surface area (Å²) in [6.07, 6.45) is 0. The molecule has 0 saturated heterocycles. The molecule has 0 aliphatic rings. The number of carbonyl (C=O) groups excluding carboxylic acids is 2. The van der Waals surface area contributed by atoms with Crippen LogP contribution in [0.2, 0.25) is 5.02 Å². The van der Waals surface area contributed by atoms with Crippen LogP contribution in [0, 0.1) is 11.6 Å². The van der Waals surface area contributed by atoms with E-state index in [-0.39, 0.29) is 16.3 Å². The van der Waals surface area contributed by atoms with Gasteiger partial charge in [-0.25, -0.2) is 13.6 Å². The van der Waals surface area contributed by atoms with Crippen molar-refractivity contribution in [1.29, 1.82) is 0 Å². The highest BCUT2D eigenvalue weighted by atomic mass is 35.5. The molecule has 0 radical (unpaired) electrons. The van der Waals surface area contributed by atoms with Crippen molar-refractivity contribution in [1.82, 2.24) is 15.3 Å². The van der Waals surface area contributed by atoms with E-state index in [1.165, 1.54) is 0 Å². The summed E-state index contributed by atoms with van der Waals surface area (Å²) in [5.41, 5.74) is 0.821. The maximum atomic E-state index is 13.2. The molecular weight excluding hydrogens is 370 g/mol. The molecule has 0 spiro atoms. The number of hydrogen-bond donors (Lipinski definition) is 4. The standard InChI is InChI=1S/C16H11ClF2N4O3/c17-9-5-11(19)10(18)4-8(9)15(25)20-6-14(24)21-7-1-2-12-13(3-7)23-16(26)22-12/h1-5H,6H2,(H,20,25)(H,21,24)(H2,22,23,26). The fraction of sp³-hybridized carbons (Fsp3) is 0.0625. The Hall–Kier alpha value is -3.20. The summed E-state index contributed by atoms with van der Waals surface area (Å²) >= 11 is 5.70. The highest BCUT2D eigenvalue weighted by Crippen LogP contribution is 2.20. The molecule has 10 heteroatoms. The second-order valence-corrected chi connectivity index (χ2v) is 5.72. The van der Waals surface area contributed by atoms with Crippen molar-refractivity contribution in [3.8, 4) is 0 Å². The first-order valence-electron chi connectivity index (χ1n) is 7.28. The number of aromatic nitrogens is 2. The molecule has 3 aromatic rings. The van der Waals surface area contributed by atoms with Crippen molar-refractivity contribution in [2.75, 3.05) is 11.9 Å². The Morgan fingerprint density at radius 2 is 1.73 bits per heavy atom. The van der Waals surface area contributed by atoms with Gasteiger partial charge in [0.05, 0.1) is 28.2 Å². The molecule has 4 N–H and O–H groups in total. The van der Waals surface area contributed by atoms with Gasteiger partial charge < -0.3 is 20.6 Å². The van der Waals surface area contributed by atoms with Crippen LogP contribution in [0.25, 0.3) is 11.0 Å². The maximum absolute atomic E-state index is 13.2. The molecule has 0 bridgehead atoms. The Morgan fingerprint density at radius 3 is 2.50 bits per heavy atom. The minimum atomic E-state index is -1.22. The van der Waals surface area contributed by atoms with Gasteiger partial charge in [-0.2, -0.15) is 0 Å². The van der Waals surface area contributed by atoms with Crippen molar-refractivity contribution < 1.29 is 18.4 Å². The molecule has 0 atom stereocenters. The summed E-state index contributed by atoms with van der Waals surface area (Å²) in [4.78, 5) is 40.2. The van der Waals surface area contributed by atoms with E-state index in [0.717, 1.165) is 0 Å². The van der Waals surface area contributed by atoms with Gasteiger partial charge in [0.1, 0.15) is 0 Å². The van der Waals surface area contributed by atoms with Crippen LogP contribution in [0.3, 0.4) is 0 Å². The van der Waals surface area contributed by atoms with Crippen LogP contribution in [0.15, 0.2) is 35.1 Å². The number of anilines is 1. The molecule has 0 saturated carbocycles. The van der Waals surface area contributed by atoms with Gasteiger partial charge in [-0.1, -0.05) is 11.6 Å². The summed E-state index contributed by atoms with van der Waals surface area (Å²) in [6.45, 7) is -0.421. The van der Waals surface area contributed by atoms with Gasteiger partial charge in [0.15, 0.2) is 11.6 Å². The second-order valence-electron chi connectivity index (χ2n) is 5.32. The van der Waals surface area contributed by atoms with Gasteiger partial charge in [0.2, 0.25) is 5.91 Å². The zero-order chi connectivity index (χ0) is 18.8. The number of imidazole rings is 1. The Kier molecular flexibility index (Phi) is 4.72. The SMILES string of the molecule is O=C(CNC(=O)c1cc(F)c(F)cc1Cl)Nc1ccc2[nH]c(=O)[nH]c2c1. The Morgan fingerprint density at radius 1 is 1.04 bits per heavy atom. The van der Waals surface area contributed by atoms with E-state index in [2.05, 4.69) is 20.6 Å². The van der Waals surface area contributed by atoms with Crippen LogP contribution in [0.5, 0.6) is 0 Å². The monoisotopic (exact) mass is 380 g/mol. The summed E-state index contributed by atoms with van der Waals surface area (Å²) in [5, 5.41) is 4.51. The molecule has 0 aliphatic carbocycles. The van der Waals surface area contributed by atoms with E-state index in [4.69, 9.17) is 11.6 Å². The summed E-state index contributed by atoms with van der Waals surface area (Å²) in [7, 11) is 0. The highest BCUT2D eigenvalue weighted by molar-refractivity contribution is 6.33. The molecule has 1 heterocycles. The van der Waals surface area contributed by atoms with Gasteiger partial charge in [-0.3, -0.25) is 9.59 Å². The number of carbonyl (C=O) groups is 2. The number of benzene rings is 2. The molecule has 2 amide bonds. The van der Waals surface area contributed by atoms with E-state index >= 15 is 0 Å². The van der Waals surface area contributed by atoms with E-state index in [1.54, 1.807) is 18.2 Å². The third kappa shape index (κ3) is 3.72. The minimum absolute atomic E-state index is 0.274. The zero-order valence-corrected chi connectivity index (χ0v) is 13.7. The average molecular weight is 381 g/mol. The third-order valence-corrected chi connectivity index (χ3v) is 3.78. The molecular formula is C16H11ClF2N4O3. The highest BCUT2D eigenvalue weighted by Gasteiger charge is 2.16. The minimum Gasteiger partial charge on any atom is -0.343 e. The largest absolute Gasteiger partial charge is 0.343 e. The van der Waals surface area contributed by atoms with Crippen molar-refractivity contribution in [2.24, 2.45) is 0 Å². The zero-order valence-electron chi connectivity index (χ0n) is 13.0. The quantitative estimate of drug-likeness (QED) is 0.521. The van der Waals surface area contributed by atoms with E-state index in [9.17, 15) is 23.2 Å². The number of fused-ring (bicyclic) bond motifs is 1. The van der Waals surface area contributed by atoms with Crippen LogP contribution in [-0.2, 0) is 4.79 Å². The predicted octanol–water partition coefficient (Wildman–Crippen LogP) is 2.16. The van der Waals surface area contributed by atoms with Crippen molar-refractivity contribution in [2.45, 2.75) is 0 Å². The molecule has 3 rings (SSSR count). The maximum Gasteiger partial charge on any atom is 0.323 e. The van der Waals surface area contributed by atoms with Gasteiger partial charge in [-0.05, 0) is 30.3 Å². The van der Waals surface area contributed by atoms with Crippen LogP contribution >= 0.6 is 11.6 Å². The van der Waals surface area contributed by atoms with Crippen molar-refractivity contribution in [3.63, 3.8) is 0 Å². The fourth-order valence-electron chi connectivity index (χ4n) is 2.27. The van der Waals surface area contributed by atoms with Gasteiger partial charge in [0, 0.05) is 5.69 Å². The number of rotatable bonds is 4. The van der Waals surface area contributed by atoms with Crippen molar-refractivity contribution >= 4 is 40.1 Å². The van der Waals surface area contributed by atoms with Gasteiger partial charge in [-0.15, -0.1) is 0 Å². The number of nitrogens with one attached hydrogen (secondary N) is 4. The molecule has 26 heavy (non-hydrogen) atoms. The number of hydrogen-bond acceptors (Lipinski definition) is 3. The molecule has 2 aromatic carbocycles. The molecule has 134 valence electrons. The summed E-state index contributed by atoms with van der Waals surface area (Å²) < 4.78 is 26.2. The Labute approximate surface area is 149 Å². The lowest BCUT2D eigenvalue weighted by Gasteiger charge is -2.08. The normalized spacial score (nSPS) is 10.7. The van der Waals surface area contributed by atoms with E-state index in [1.807, 2.05) is 0 Å². The third-order valence-electron chi connectivity index (χ3n) is 3.46. The van der Waals surface area contributed by atoms with Crippen LogP contribution in [0.1, 0.15) is 10.4 Å². The number of H-pyrrole nitrogens is 2. The first kappa shape index (κ1) is 17.6. The molecule has 0 fully saturated rings. The molecule has 7 nitrogen and oxygen atoms in total. The Balaban J connectivity index is 1.63. The lowest BCUT2D eigenvalue weighted by molar-refractivity contribution is -0.115. The second kappa shape index (κ2) is 6.96. The molecule has 0 aliphatic heterocycles. The average Bonchev–Trinajstić information content (AvgIpc) is 2.95. The van der Waals surface area contributed by atoms with E-state index < -0.39 is 30.0 Å². The van der Waals surface area contributed by atoms with Gasteiger partial charge in [0.25, 0.3) is 5.91 Å². The summed E-state index contributed by atoms with van der Waals surface area (Å²) in [6, 6.07) is 6.04. The van der Waals surface area contributed by atoms with Gasteiger partial charge >= 0.3 is 5.69 Å². The number of aromatic amines is 2. The topological polar surface area (TPSA) is 107 Å².